The van der Waals surface area contributed by atoms with E-state index in [1.807, 2.05) is 11.8 Å². The molecule has 0 radical (unpaired) electrons. The van der Waals surface area contributed by atoms with Crippen molar-refractivity contribution < 1.29 is 18.3 Å². The molecular formula is C11H23N3O4S. The number of nitrogens with one attached hydrogen (secondary N) is 1. The van der Waals surface area contributed by atoms with Gasteiger partial charge in [-0.2, -0.15) is 4.31 Å². The molecule has 0 spiro atoms. The highest BCUT2D eigenvalue weighted by molar-refractivity contribution is 7.88. The molecule has 112 valence electrons. The summed E-state index contributed by atoms with van der Waals surface area (Å²) in [5.74, 6) is -0.862. The number of carboxylic acid groups (broad SMARTS) is 1. The minimum Gasteiger partial charge on any atom is -0.480 e. The Hall–Kier alpha value is -0.700. The van der Waals surface area contributed by atoms with Crippen molar-refractivity contribution in [1.29, 1.82) is 0 Å². The zero-order chi connectivity index (χ0) is 14.5. The van der Waals surface area contributed by atoms with Gasteiger partial charge in [-0.3, -0.25) is 9.69 Å². The highest BCUT2D eigenvalue weighted by Crippen LogP contribution is 2.06. The van der Waals surface area contributed by atoms with Crippen LogP contribution in [0.15, 0.2) is 0 Å². The van der Waals surface area contributed by atoms with Gasteiger partial charge < -0.3 is 10.4 Å². The van der Waals surface area contributed by atoms with Crippen LogP contribution in [0.5, 0.6) is 0 Å². The number of rotatable bonds is 7. The Morgan fingerprint density at radius 3 is 2.32 bits per heavy atom. The Bertz CT molecular complexity index is 391. The average Bonchev–Trinajstić information content (AvgIpc) is 2.33. The van der Waals surface area contributed by atoms with E-state index in [-0.39, 0.29) is 0 Å². The zero-order valence-electron chi connectivity index (χ0n) is 11.5. The molecule has 0 bridgehead atoms. The Morgan fingerprint density at radius 2 is 1.89 bits per heavy atom. The van der Waals surface area contributed by atoms with Gasteiger partial charge in [-0.05, 0) is 13.0 Å². The van der Waals surface area contributed by atoms with Crippen molar-refractivity contribution in [3.8, 4) is 0 Å². The van der Waals surface area contributed by atoms with Crippen molar-refractivity contribution in [2.75, 3.05) is 45.5 Å². The first-order valence-corrected chi connectivity index (χ1v) is 8.33. The van der Waals surface area contributed by atoms with Crippen LogP contribution in [0.2, 0.25) is 0 Å². The molecule has 0 aromatic heterocycles. The van der Waals surface area contributed by atoms with Crippen molar-refractivity contribution in [3.05, 3.63) is 0 Å². The van der Waals surface area contributed by atoms with E-state index in [4.69, 9.17) is 5.11 Å². The minimum atomic E-state index is -3.13. The van der Waals surface area contributed by atoms with Gasteiger partial charge in [0.1, 0.15) is 6.04 Å². The largest absolute Gasteiger partial charge is 0.480 e. The molecule has 0 aromatic rings. The maximum atomic E-state index is 11.4. The van der Waals surface area contributed by atoms with Crippen LogP contribution in [-0.4, -0.2) is 80.3 Å². The molecule has 1 rings (SSSR count). The van der Waals surface area contributed by atoms with Crippen LogP contribution in [0.4, 0.5) is 0 Å². The van der Waals surface area contributed by atoms with Crippen molar-refractivity contribution in [1.82, 2.24) is 14.5 Å². The molecule has 1 aliphatic heterocycles. The maximum absolute atomic E-state index is 11.4. The molecule has 1 unspecified atom stereocenters. The molecule has 0 amide bonds. The number of hydrogen-bond donors (Lipinski definition) is 2. The van der Waals surface area contributed by atoms with Gasteiger partial charge in [0.25, 0.3) is 0 Å². The van der Waals surface area contributed by atoms with Crippen LogP contribution in [0.3, 0.4) is 0 Å². The van der Waals surface area contributed by atoms with Crippen molar-refractivity contribution in [3.63, 3.8) is 0 Å². The van der Waals surface area contributed by atoms with E-state index in [9.17, 15) is 13.2 Å². The standard InChI is InChI=1S/C11H23N3O4S/c1-3-4-12-10(11(15)16)9-13-5-7-14(8-6-13)19(2,17)18/h10,12H,3-9H2,1-2H3,(H,15,16). The molecule has 19 heavy (non-hydrogen) atoms. The van der Waals surface area contributed by atoms with E-state index < -0.39 is 22.0 Å². The van der Waals surface area contributed by atoms with Crippen LogP contribution in [0, 0.1) is 0 Å². The third kappa shape index (κ3) is 5.43. The number of carboxylic acids is 1. The molecule has 1 fully saturated rings. The number of nitrogens with zero attached hydrogens (tertiary/aromatic N) is 2. The predicted molar refractivity (Wildman–Crippen MR) is 72.6 cm³/mol. The SMILES string of the molecule is CCCNC(CN1CCN(S(C)(=O)=O)CC1)C(=O)O. The molecule has 1 saturated heterocycles. The summed E-state index contributed by atoms with van der Waals surface area (Å²) in [6, 6.07) is -0.593. The molecule has 8 heteroatoms. The molecule has 1 aliphatic rings. The summed E-state index contributed by atoms with van der Waals surface area (Å²) >= 11 is 0. The molecular weight excluding hydrogens is 270 g/mol. The Morgan fingerprint density at radius 1 is 1.32 bits per heavy atom. The Balaban J connectivity index is 2.44. The number of piperazine rings is 1. The summed E-state index contributed by atoms with van der Waals surface area (Å²) in [7, 11) is -3.13. The van der Waals surface area contributed by atoms with E-state index in [0.717, 1.165) is 6.42 Å². The molecule has 0 saturated carbocycles. The van der Waals surface area contributed by atoms with Crippen molar-refractivity contribution in [2.24, 2.45) is 0 Å². The normalized spacial score (nSPS) is 20.3. The lowest BCUT2D eigenvalue weighted by Crippen LogP contribution is -2.53. The summed E-state index contributed by atoms with van der Waals surface area (Å²) in [5.41, 5.74) is 0. The molecule has 0 aromatic carbocycles. The first-order chi connectivity index (χ1) is 8.84. The number of sulfonamides is 1. The van der Waals surface area contributed by atoms with Gasteiger partial charge in [-0.1, -0.05) is 6.92 Å². The van der Waals surface area contributed by atoms with Crippen LogP contribution in [0.25, 0.3) is 0 Å². The lowest BCUT2D eigenvalue weighted by Gasteiger charge is -2.34. The van der Waals surface area contributed by atoms with Gasteiger partial charge in [0, 0.05) is 32.7 Å². The molecule has 7 nitrogen and oxygen atoms in total. The second-order valence-corrected chi connectivity index (χ2v) is 6.79. The van der Waals surface area contributed by atoms with E-state index in [1.54, 1.807) is 0 Å². The first-order valence-electron chi connectivity index (χ1n) is 6.48. The number of carbonyl (C=O) groups is 1. The number of hydrogen-bond acceptors (Lipinski definition) is 5. The first kappa shape index (κ1) is 16.4. The predicted octanol–water partition coefficient (Wildman–Crippen LogP) is -0.984. The second-order valence-electron chi connectivity index (χ2n) is 4.81. The topological polar surface area (TPSA) is 90.0 Å². The Labute approximate surface area is 114 Å². The molecule has 0 aliphatic carbocycles. The fourth-order valence-electron chi connectivity index (χ4n) is 2.05. The quantitative estimate of drug-likeness (QED) is 0.627. The summed E-state index contributed by atoms with van der Waals surface area (Å²) < 4.78 is 24.2. The van der Waals surface area contributed by atoms with Crippen LogP contribution in [0.1, 0.15) is 13.3 Å². The minimum absolute atomic E-state index is 0.410. The smallest absolute Gasteiger partial charge is 0.322 e. The van der Waals surface area contributed by atoms with Crippen LogP contribution in [-0.2, 0) is 14.8 Å². The monoisotopic (exact) mass is 293 g/mol. The third-order valence-corrected chi connectivity index (χ3v) is 4.48. The highest BCUT2D eigenvalue weighted by Gasteiger charge is 2.26. The van der Waals surface area contributed by atoms with E-state index >= 15 is 0 Å². The number of aliphatic carboxylic acids is 1. The fourth-order valence-corrected chi connectivity index (χ4v) is 2.88. The van der Waals surface area contributed by atoms with Crippen molar-refractivity contribution >= 4 is 16.0 Å². The molecule has 2 N–H and O–H groups in total. The van der Waals surface area contributed by atoms with E-state index in [0.29, 0.717) is 39.3 Å². The van der Waals surface area contributed by atoms with Gasteiger partial charge in [0.05, 0.1) is 6.26 Å². The lowest BCUT2D eigenvalue weighted by atomic mass is 10.2. The highest BCUT2D eigenvalue weighted by atomic mass is 32.2. The second kappa shape index (κ2) is 7.18. The Kier molecular flexibility index (Phi) is 6.18. The van der Waals surface area contributed by atoms with E-state index in [1.165, 1.54) is 10.6 Å². The van der Waals surface area contributed by atoms with E-state index in [2.05, 4.69) is 5.32 Å². The van der Waals surface area contributed by atoms with Gasteiger partial charge in [0.2, 0.25) is 10.0 Å². The molecule has 1 atom stereocenters. The summed E-state index contributed by atoms with van der Waals surface area (Å²) in [5, 5.41) is 12.1. The summed E-state index contributed by atoms with van der Waals surface area (Å²) in [6.45, 7) is 5.07. The third-order valence-electron chi connectivity index (χ3n) is 3.18. The zero-order valence-corrected chi connectivity index (χ0v) is 12.3. The summed E-state index contributed by atoms with van der Waals surface area (Å²) in [6.07, 6.45) is 2.08. The molecule has 1 heterocycles. The lowest BCUT2D eigenvalue weighted by molar-refractivity contribution is -0.140. The van der Waals surface area contributed by atoms with Crippen LogP contribution < -0.4 is 5.32 Å². The van der Waals surface area contributed by atoms with Gasteiger partial charge in [-0.15, -0.1) is 0 Å². The van der Waals surface area contributed by atoms with Crippen molar-refractivity contribution in [2.45, 2.75) is 19.4 Å². The van der Waals surface area contributed by atoms with Gasteiger partial charge in [0.15, 0.2) is 0 Å². The summed E-state index contributed by atoms with van der Waals surface area (Å²) in [4.78, 5) is 13.1. The van der Waals surface area contributed by atoms with Crippen LogP contribution >= 0.6 is 0 Å². The fraction of sp³-hybridized carbons (Fsp3) is 0.909. The maximum Gasteiger partial charge on any atom is 0.322 e. The average molecular weight is 293 g/mol. The van der Waals surface area contributed by atoms with Gasteiger partial charge >= 0.3 is 5.97 Å². The van der Waals surface area contributed by atoms with Gasteiger partial charge in [-0.25, -0.2) is 8.42 Å².